The van der Waals surface area contributed by atoms with Gasteiger partial charge in [0, 0.05) is 49.8 Å². The molecular formula is C23H27N7O2. The highest BCUT2D eigenvalue weighted by Crippen LogP contribution is 2.21. The summed E-state index contributed by atoms with van der Waals surface area (Å²) in [5.41, 5.74) is 2.99. The molecule has 1 aromatic carbocycles. The van der Waals surface area contributed by atoms with Gasteiger partial charge < -0.3 is 19.9 Å². The lowest BCUT2D eigenvalue weighted by Crippen LogP contribution is -2.50. The molecule has 3 aromatic rings. The van der Waals surface area contributed by atoms with Crippen LogP contribution in [-0.4, -0.2) is 63.5 Å². The van der Waals surface area contributed by atoms with Crippen molar-refractivity contribution in [3.63, 3.8) is 0 Å². The number of aromatic nitrogens is 4. The Hall–Kier alpha value is -3.75. The van der Waals surface area contributed by atoms with Crippen molar-refractivity contribution in [3.8, 4) is 6.01 Å². The summed E-state index contributed by atoms with van der Waals surface area (Å²) in [4.78, 5) is 33.8. The quantitative estimate of drug-likeness (QED) is 0.634. The van der Waals surface area contributed by atoms with Crippen LogP contribution in [0.1, 0.15) is 17.1 Å². The zero-order valence-corrected chi connectivity index (χ0v) is 18.6. The standard InChI is InChI=1S/C23H27N7O2/c1-16-4-6-19(7-5-16)28-20-14-21(27-18(3)26-20)29-10-12-30(13-11-29)22(31)15-32-23-24-9-8-17(2)25-23/h4-9,14H,10-13,15H2,1-3H3,(H,26,27,28). The van der Waals surface area contributed by atoms with Gasteiger partial charge in [0.05, 0.1) is 0 Å². The Bertz CT molecular complexity index is 1080. The monoisotopic (exact) mass is 433 g/mol. The normalized spacial score (nSPS) is 13.7. The number of ether oxygens (including phenoxy) is 1. The zero-order chi connectivity index (χ0) is 22.5. The van der Waals surface area contributed by atoms with Crippen LogP contribution in [0.15, 0.2) is 42.6 Å². The van der Waals surface area contributed by atoms with Crippen molar-refractivity contribution < 1.29 is 9.53 Å². The molecule has 0 spiro atoms. The summed E-state index contributed by atoms with van der Waals surface area (Å²) >= 11 is 0. The number of benzene rings is 1. The van der Waals surface area contributed by atoms with Crippen LogP contribution >= 0.6 is 0 Å². The summed E-state index contributed by atoms with van der Waals surface area (Å²) in [6.45, 7) is 8.30. The van der Waals surface area contributed by atoms with Crippen molar-refractivity contribution in [2.75, 3.05) is 43.0 Å². The molecule has 1 fully saturated rings. The highest BCUT2D eigenvalue weighted by Gasteiger charge is 2.23. The van der Waals surface area contributed by atoms with E-state index in [4.69, 9.17) is 4.74 Å². The van der Waals surface area contributed by atoms with E-state index in [1.807, 2.05) is 32.0 Å². The number of rotatable bonds is 6. The number of nitrogens with zero attached hydrogens (tertiary/aromatic N) is 6. The first-order valence-electron chi connectivity index (χ1n) is 10.6. The van der Waals surface area contributed by atoms with Gasteiger partial charge >= 0.3 is 6.01 Å². The summed E-state index contributed by atoms with van der Waals surface area (Å²) < 4.78 is 5.45. The summed E-state index contributed by atoms with van der Waals surface area (Å²) in [6.07, 6.45) is 1.62. The molecule has 0 unspecified atom stereocenters. The summed E-state index contributed by atoms with van der Waals surface area (Å²) in [5, 5.41) is 3.34. The van der Waals surface area contributed by atoms with Gasteiger partial charge in [0.25, 0.3) is 5.91 Å². The van der Waals surface area contributed by atoms with Crippen LogP contribution in [0.5, 0.6) is 6.01 Å². The third-order valence-corrected chi connectivity index (χ3v) is 5.20. The van der Waals surface area contributed by atoms with Gasteiger partial charge in [0.15, 0.2) is 6.61 Å². The number of hydrogen-bond acceptors (Lipinski definition) is 8. The van der Waals surface area contributed by atoms with Gasteiger partial charge in [-0.25, -0.2) is 19.9 Å². The zero-order valence-electron chi connectivity index (χ0n) is 18.6. The highest BCUT2D eigenvalue weighted by molar-refractivity contribution is 5.78. The number of carbonyl (C=O) groups is 1. The minimum Gasteiger partial charge on any atom is -0.453 e. The van der Waals surface area contributed by atoms with Gasteiger partial charge in [0.1, 0.15) is 17.5 Å². The molecule has 32 heavy (non-hydrogen) atoms. The van der Waals surface area contributed by atoms with Gasteiger partial charge in [-0.05, 0) is 39.0 Å². The third kappa shape index (κ3) is 5.48. The van der Waals surface area contributed by atoms with E-state index in [1.165, 1.54) is 5.56 Å². The lowest BCUT2D eigenvalue weighted by atomic mass is 10.2. The number of aryl methyl sites for hydroxylation is 3. The van der Waals surface area contributed by atoms with E-state index < -0.39 is 0 Å². The van der Waals surface area contributed by atoms with Crippen LogP contribution in [0.25, 0.3) is 0 Å². The molecule has 0 radical (unpaired) electrons. The second-order valence-electron chi connectivity index (χ2n) is 7.79. The summed E-state index contributed by atoms with van der Waals surface area (Å²) in [6, 6.07) is 12.1. The third-order valence-electron chi connectivity index (χ3n) is 5.20. The average molecular weight is 434 g/mol. The molecular weight excluding hydrogens is 406 g/mol. The average Bonchev–Trinajstić information content (AvgIpc) is 2.79. The van der Waals surface area contributed by atoms with E-state index in [1.54, 1.807) is 17.2 Å². The van der Waals surface area contributed by atoms with Crippen LogP contribution in [0.2, 0.25) is 0 Å². The first kappa shape index (κ1) is 21.5. The molecule has 0 atom stereocenters. The Morgan fingerprint density at radius 3 is 2.47 bits per heavy atom. The topological polar surface area (TPSA) is 96.4 Å². The Kier molecular flexibility index (Phi) is 6.44. The van der Waals surface area contributed by atoms with E-state index in [2.05, 4.69) is 49.2 Å². The van der Waals surface area contributed by atoms with E-state index in [0.29, 0.717) is 32.0 Å². The predicted octanol–water partition coefficient (Wildman–Crippen LogP) is 2.66. The largest absolute Gasteiger partial charge is 0.453 e. The van der Waals surface area contributed by atoms with Crippen molar-refractivity contribution in [3.05, 3.63) is 59.7 Å². The molecule has 1 aliphatic heterocycles. The minimum atomic E-state index is -0.0737. The summed E-state index contributed by atoms with van der Waals surface area (Å²) in [5.74, 6) is 2.22. The molecule has 9 heteroatoms. The van der Waals surface area contributed by atoms with Gasteiger partial charge in [-0.2, -0.15) is 0 Å². The fraction of sp³-hybridized carbons (Fsp3) is 0.348. The number of carbonyl (C=O) groups excluding carboxylic acids is 1. The predicted molar refractivity (Wildman–Crippen MR) is 122 cm³/mol. The second-order valence-corrected chi connectivity index (χ2v) is 7.79. The Labute approximate surface area is 187 Å². The van der Waals surface area contributed by atoms with E-state index in [-0.39, 0.29) is 18.5 Å². The molecule has 2 aromatic heterocycles. The van der Waals surface area contributed by atoms with Crippen molar-refractivity contribution in [2.45, 2.75) is 20.8 Å². The van der Waals surface area contributed by atoms with E-state index in [9.17, 15) is 4.79 Å². The van der Waals surface area contributed by atoms with Crippen LogP contribution in [0.4, 0.5) is 17.3 Å². The molecule has 1 N–H and O–H groups in total. The van der Waals surface area contributed by atoms with Crippen LogP contribution in [0.3, 0.4) is 0 Å². The highest BCUT2D eigenvalue weighted by atomic mass is 16.5. The van der Waals surface area contributed by atoms with E-state index in [0.717, 1.165) is 23.0 Å². The fourth-order valence-corrected chi connectivity index (χ4v) is 3.46. The Balaban J connectivity index is 1.33. The fourth-order valence-electron chi connectivity index (χ4n) is 3.46. The SMILES string of the molecule is Cc1ccc(Nc2cc(N3CCN(C(=O)COc4nccc(C)n4)CC3)nc(C)n2)cc1. The molecule has 3 heterocycles. The van der Waals surface area contributed by atoms with Crippen LogP contribution < -0.4 is 15.0 Å². The molecule has 4 rings (SSSR count). The molecule has 166 valence electrons. The van der Waals surface area contributed by atoms with Crippen molar-refractivity contribution >= 4 is 23.2 Å². The number of amides is 1. The molecule has 1 saturated heterocycles. The number of nitrogens with one attached hydrogen (secondary N) is 1. The first-order valence-corrected chi connectivity index (χ1v) is 10.6. The Morgan fingerprint density at radius 1 is 1.00 bits per heavy atom. The molecule has 0 aliphatic carbocycles. The minimum absolute atomic E-state index is 0.0688. The summed E-state index contributed by atoms with van der Waals surface area (Å²) in [7, 11) is 0. The van der Waals surface area contributed by atoms with E-state index >= 15 is 0 Å². The van der Waals surface area contributed by atoms with Gasteiger partial charge in [0.2, 0.25) is 0 Å². The lowest BCUT2D eigenvalue weighted by Gasteiger charge is -2.35. The van der Waals surface area contributed by atoms with Crippen LogP contribution in [-0.2, 0) is 4.79 Å². The van der Waals surface area contributed by atoms with Gasteiger partial charge in [-0.3, -0.25) is 4.79 Å². The lowest BCUT2D eigenvalue weighted by molar-refractivity contribution is -0.133. The maximum atomic E-state index is 12.5. The second kappa shape index (κ2) is 9.59. The smallest absolute Gasteiger partial charge is 0.317 e. The number of piperazine rings is 1. The molecule has 1 amide bonds. The van der Waals surface area contributed by atoms with Crippen molar-refractivity contribution in [1.29, 1.82) is 0 Å². The number of anilines is 3. The molecule has 0 saturated carbocycles. The number of hydrogen-bond donors (Lipinski definition) is 1. The first-order chi connectivity index (χ1) is 15.5. The maximum Gasteiger partial charge on any atom is 0.317 e. The molecule has 9 nitrogen and oxygen atoms in total. The van der Waals surface area contributed by atoms with Gasteiger partial charge in [-0.15, -0.1) is 0 Å². The van der Waals surface area contributed by atoms with Gasteiger partial charge in [-0.1, -0.05) is 17.7 Å². The van der Waals surface area contributed by atoms with Crippen LogP contribution in [0, 0.1) is 20.8 Å². The molecule has 1 aliphatic rings. The van der Waals surface area contributed by atoms with Crippen molar-refractivity contribution in [1.82, 2.24) is 24.8 Å². The maximum absolute atomic E-state index is 12.5. The van der Waals surface area contributed by atoms with Crippen molar-refractivity contribution in [2.24, 2.45) is 0 Å². The Morgan fingerprint density at radius 2 is 1.75 bits per heavy atom. The molecule has 0 bridgehead atoms.